The van der Waals surface area contributed by atoms with E-state index in [0.717, 1.165) is 37.7 Å². The second-order valence-corrected chi connectivity index (χ2v) is 8.32. The van der Waals surface area contributed by atoms with Crippen LogP contribution in [0.3, 0.4) is 0 Å². The molecule has 1 aromatic carbocycles. The minimum Gasteiger partial charge on any atom is -0.490 e. The smallest absolute Gasteiger partial charge is 0.410 e. The summed E-state index contributed by atoms with van der Waals surface area (Å²) in [5, 5.41) is 0. The lowest BCUT2D eigenvalue weighted by Crippen LogP contribution is -2.50. The number of carbonyl (C=O) groups excluding carboxylic acids is 1. The van der Waals surface area contributed by atoms with Crippen molar-refractivity contribution in [3.63, 3.8) is 0 Å². The van der Waals surface area contributed by atoms with Crippen molar-refractivity contribution < 1.29 is 14.3 Å². The van der Waals surface area contributed by atoms with Gasteiger partial charge in [0.25, 0.3) is 0 Å². The van der Waals surface area contributed by atoms with E-state index in [0.29, 0.717) is 13.1 Å². The largest absolute Gasteiger partial charge is 0.490 e. The standard InChI is InChI=1S/C21H33N3O3/c1-21(2,3)27-20(25)24-14-12-23(13-15-24)18-8-4-5-9-19(18)26-17-16-22-10-6-7-11-22/h4-5,8-9H,6-7,10-17H2,1-3H3. The number of anilines is 1. The molecule has 6 heteroatoms. The maximum absolute atomic E-state index is 12.2. The average Bonchev–Trinajstić information content (AvgIpc) is 3.14. The van der Waals surface area contributed by atoms with E-state index in [1.165, 1.54) is 25.9 Å². The molecule has 0 radical (unpaired) electrons. The number of nitrogens with zero attached hydrogens (tertiary/aromatic N) is 3. The van der Waals surface area contributed by atoms with E-state index in [1.54, 1.807) is 4.90 Å². The van der Waals surface area contributed by atoms with Crippen molar-refractivity contribution >= 4 is 11.8 Å². The Morgan fingerprint density at radius 2 is 1.67 bits per heavy atom. The van der Waals surface area contributed by atoms with Gasteiger partial charge in [0.05, 0.1) is 5.69 Å². The Labute approximate surface area is 163 Å². The van der Waals surface area contributed by atoms with Crippen LogP contribution in [0.25, 0.3) is 0 Å². The van der Waals surface area contributed by atoms with E-state index in [9.17, 15) is 4.79 Å². The van der Waals surface area contributed by atoms with Gasteiger partial charge in [-0.2, -0.15) is 0 Å². The van der Waals surface area contributed by atoms with Gasteiger partial charge in [0.1, 0.15) is 18.0 Å². The summed E-state index contributed by atoms with van der Waals surface area (Å²) < 4.78 is 11.6. The molecule has 0 N–H and O–H groups in total. The molecule has 0 atom stereocenters. The highest BCUT2D eigenvalue weighted by atomic mass is 16.6. The van der Waals surface area contributed by atoms with Crippen LogP contribution in [-0.2, 0) is 4.74 Å². The number of likely N-dealkylation sites (tertiary alicyclic amines) is 1. The van der Waals surface area contributed by atoms with Crippen molar-refractivity contribution in [3.8, 4) is 5.75 Å². The van der Waals surface area contributed by atoms with Crippen LogP contribution in [0.5, 0.6) is 5.75 Å². The second kappa shape index (κ2) is 8.83. The molecule has 3 rings (SSSR count). The maximum Gasteiger partial charge on any atom is 0.410 e. The number of rotatable bonds is 5. The van der Waals surface area contributed by atoms with Crippen LogP contribution < -0.4 is 9.64 Å². The van der Waals surface area contributed by atoms with E-state index >= 15 is 0 Å². The molecule has 2 aliphatic heterocycles. The van der Waals surface area contributed by atoms with Gasteiger partial charge in [-0.1, -0.05) is 12.1 Å². The van der Waals surface area contributed by atoms with Gasteiger partial charge in [0.15, 0.2) is 0 Å². The molecule has 2 aliphatic rings. The molecule has 2 fully saturated rings. The van der Waals surface area contributed by atoms with Crippen molar-refractivity contribution in [2.75, 3.05) is 57.3 Å². The second-order valence-electron chi connectivity index (χ2n) is 8.32. The molecule has 0 spiro atoms. The molecular formula is C21H33N3O3. The number of hydrogen-bond donors (Lipinski definition) is 0. The topological polar surface area (TPSA) is 45.3 Å². The predicted octanol–water partition coefficient (Wildman–Crippen LogP) is 3.22. The molecular weight excluding hydrogens is 342 g/mol. The van der Waals surface area contributed by atoms with E-state index in [1.807, 2.05) is 39.0 Å². The number of benzene rings is 1. The third kappa shape index (κ3) is 5.76. The highest BCUT2D eigenvalue weighted by Crippen LogP contribution is 2.29. The first-order valence-electron chi connectivity index (χ1n) is 10.1. The normalized spacial score (nSPS) is 18.6. The Morgan fingerprint density at radius 3 is 2.33 bits per heavy atom. The molecule has 2 saturated heterocycles. The Balaban J connectivity index is 1.52. The molecule has 6 nitrogen and oxygen atoms in total. The number of hydrogen-bond acceptors (Lipinski definition) is 5. The van der Waals surface area contributed by atoms with Gasteiger partial charge in [-0.25, -0.2) is 4.79 Å². The van der Waals surface area contributed by atoms with Crippen LogP contribution in [0.15, 0.2) is 24.3 Å². The summed E-state index contributed by atoms with van der Waals surface area (Å²) in [6, 6.07) is 8.21. The van der Waals surface area contributed by atoms with Gasteiger partial charge in [0.2, 0.25) is 0 Å². The van der Waals surface area contributed by atoms with Crippen LogP contribution in [-0.4, -0.2) is 73.9 Å². The number of carbonyl (C=O) groups is 1. The molecule has 0 bridgehead atoms. The number of para-hydroxylation sites is 2. The minimum atomic E-state index is -0.454. The molecule has 27 heavy (non-hydrogen) atoms. The Kier molecular flexibility index (Phi) is 6.47. The summed E-state index contributed by atoms with van der Waals surface area (Å²) in [4.78, 5) is 18.8. The molecule has 1 amide bonds. The predicted molar refractivity (Wildman–Crippen MR) is 108 cm³/mol. The monoisotopic (exact) mass is 375 g/mol. The summed E-state index contributed by atoms with van der Waals surface area (Å²) >= 11 is 0. The third-order valence-corrected chi connectivity index (χ3v) is 5.00. The maximum atomic E-state index is 12.2. The van der Waals surface area contributed by atoms with Crippen molar-refractivity contribution in [1.29, 1.82) is 0 Å². The molecule has 0 aromatic heterocycles. The van der Waals surface area contributed by atoms with Crippen LogP contribution in [0, 0.1) is 0 Å². The Morgan fingerprint density at radius 1 is 1.00 bits per heavy atom. The summed E-state index contributed by atoms with van der Waals surface area (Å²) in [6.45, 7) is 12.7. The van der Waals surface area contributed by atoms with Gasteiger partial charge in [-0.05, 0) is 58.8 Å². The highest BCUT2D eigenvalue weighted by Gasteiger charge is 2.26. The van der Waals surface area contributed by atoms with Crippen LogP contribution in [0.4, 0.5) is 10.5 Å². The molecule has 1 aromatic rings. The SMILES string of the molecule is CC(C)(C)OC(=O)N1CCN(c2ccccc2OCCN2CCCC2)CC1. The lowest BCUT2D eigenvalue weighted by Gasteiger charge is -2.37. The lowest BCUT2D eigenvalue weighted by molar-refractivity contribution is 0.0240. The van der Waals surface area contributed by atoms with Crippen molar-refractivity contribution in [2.45, 2.75) is 39.2 Å². The van der Waals surface area contributed by atoms with Crippen LogP contribution in [0.2, 0.25) is 0 Å². The fraction of sp³-hybridized carbons (Fsp3) is 0.667. The van der Waals surface area contributed by atoms with Crippen molar-refractivity contribution in [2.24, 2.45) is 0 Å². The lowest BCUT2D eigenvalue weighted by atomic mass is 10.2. The highest BCUT2D eigenvalue weighted by molar-refractivity contribution is 5.69. The number of amides is 1. The third-order valence-electron chi connectivity index (χ3n) is 5.00. The first kappa shape index (κ1) is 19.8. The van der Waals surface area contributed by atoms with E-state index < -0.39 is 5.60 Å². The van der Waals surface area contributed by atoms with E-state index in [-0.39, 0.29) is 6.09 Å². The Bertz CT molecular complexity index is 615. The first-order valence-corrected chi connectivity index (χ1v) is 10.1. The zero-order chi connectivity index (χ0) is 19.3. The first-order chi connectivity index (χ1) is 12.9. The zero-order valence-corrected chi connectivity index (χ0v) is 16.9. The summed E-state index contributed by atoms with van der Waals surface area (Å²) in [7, 11) is 0. The minimum absolute atomic E-state index is 0.225. The molecule has 0 saturated carbocycles. The van der Waals surface area contributed by atoms with Gasteiger partial charge < -0.3 is 19.3 Å². The summed E-state index contributed by atoms with van der Waals surface area (Å²) in [5.41, 5.74) is 0.659. The van der Waals surface area contributed by atoms with Crippen molar-refractivity contribution in [1.82, 2.24) is 9.80 Å². The van der Waals surface area contributed by atoms with Crippen LogP contribution >= 0.6 is 0 Å². The summed E-state index contributed by atoms with van der Waals surface area (Å²) in [5.74, 6) is 0.933. The summed E-state index contributed by atoms with van der Waals surface area (Å²) in [6.07, 6.45) is 2.38. The number of ether oxygens (including phenoxy) is 2. The number of piperazine rings is 1. The van der Waals surface area contributed by atoms with Gasteiger partial charge in [-0.3, -0.25) is 4.90 Å². The molecule has 0 unspecified atom stereocenters. The Hall–Kier alpha value is -1.95. The average molecular weight is 376 g/mol. The van der Waals surface area contributed by atoms with Crippen molar-refractivity contribution in [3.05, 3.63) is 24.3 Å². The fourth-order valence-corrected chi connectivity index (χ4v) is 3.59. The van der Waals surface area contributed by atoms with Crippen LogP contribution in [0.1, 0.15) is 33.6 Å². The molecule has 0 aliphatic carbocycles. The van der Waals surface area contributed by atoms with E-state index in [2.05, 4.69) is 15.9 Å². The van der Waals surface area contributed by atoms with Gasteiger partial charge in [0, 0.05) is 32.7 Å². The zero-order valence-electron chi connectivity index (χ0n) is 16.9. The molecule has 150 valence electrons. The fourth-order valence-electron chi connectivity index (χ4n) is 3.59. The van der Waals surface area contributed by atoms with Gasteiger partial charge >= 0.3 is 6.09 Å². The quantitative estimate of drug-likeness (QED) is 0.791. The van der Waals surface area contributed by atoms with Gasteiger partial charge in [-0.15, -0.1) is 0 Å². The van der Waals surface area contributed by atoms with E-state index in [4.69, 9.17) is 9.47 Å². The molecule has 2 heterocycles.